The Balaban J connectivity index is 1.62. The molecule has 0 aromatic heterocycles. The first-order valence-corrected chi connectivity index (χ1v) is 18.4. The monoisotopic (exact) mass is 529 g/mol. The van der Waals surface area contributed by atoms with Crippen molar-refractivity contribution in [1.29, 1.82) is 0 Å². The number of hydrogen-bond acceptors (Lipinski definition) is 3. The van der Waals surface area contributed by atoms with E-state index in [4.69, 9.17) is 9.16 Å². The van der Waals surface area contributed by atoms with Crippen molar-refractivity contribution in [2.75, 3.05) is 13.2 Å². The van der Waals surface area contributed by atoms with Crippen LogP contribution in [0.2, 0.25) is 18.1 Å². The summed E-state index contributed by atoms with van der Waals surface area (Å²) in [7, 11) is -1.84. The van der Waals surface area contributed by atoms with Crippen molar-refractivity contribution in [2.45, 2.75) is 148 Å². The Labute approximate surface area is 231 Å². The Bertz CT molecular complexity index is 805. The van der Waals surface area contributed by atoms with E-state index >= 15 is 0 Å². The van der Waals surface area contributed by atoms with Gasteiger partial charge in [-0.05, 0) is 86.0 Å². The van der Waals surface area contributed by atoms with Crippen molar-refractivity contribution in [3.8, 4) is 0 Å². The van der Waals surface area contributed by atoms with E-state index < -0.39 is 8.32 Å². The minimum Gasteiger partial charge on any atom is -0.415 e. The lowest BCUT2D eigenvalue weighted by molar-refractivity contribution is -0.0660. The molecular formula is C33H59NO2Si. The zero-order valence-electron chi connectivity index (χ0n) is 25.7. The van der Waals surface area contributed by atoms with Crippen LogP contribution in [0.4, 0.5) is 0 Å². The van der Waals surface area contributed by atoms with Gasteiger partial charge in [0.15, 0.2) is 8.32 Å². The van der Waals surface area contributed by atoms with Crippen molar-refractivity contribution in [3.05, 3.63) is 35.4 Å². The Morgan fingerprint density at radius 3 is 2.08 bits per heavy atom. The molecule has 1 saturated carbocycles. The minimum atomic E-state index is -1.84. The summed E-state index contributed by atoms with van der Waals surface area (Å²) in [5.74, 6) is 1.40. The molecule has 37 heavy (non-hydrogen) atoms. The summed E-state index contributed by atoms with van der Waals surface area (Å²) in [6, 6.07) is 9.46. The molecule has 212 valence electrons. The molecule has 2 aliphatic rings. The molecule has 3 rings (SSSR count). The summed E-state index contributed by atoms with van der Waals surface area (Å²) in [5, 5.41) is 4.32. The maximum Gasteiger partial charge on any atom is 0.192 e. The highest BCUT2D eigenvalue weighted by atomic mass is 28.4. The van der Waals surface area contributed by atoms with E-state index in [2.05, 4.69) is 84.2 Å². The molecule has 1 aliphatic heterocycles. The van der Waals surface area contributed by atoms with Gasteiger partial charge in [-0.2, -0.15) is 0 Å². The molecule has 0 bridgehead atoms. The van der Waals surface area contributed by atoms with Crippen molar-refractivity contribution >= 4 is 8.32 Å². The van der Waals surface area contributed by atoms with Crippen LogP contribution in [0.5, 0.6) is 0 Å². The van der Waals surface area contributed by atoms with Crippen molar-refractivity contribution < 1.29 is 9.16 Å². The molecule has 4 atom stereocenters. The van der Waals surface area contributed by atoms with Crippen LogP contribution in [-0.2, 0) is 22.0 Å². The minimum absolute atomic E-state index is 0.108. The molecule has 0 radical (unpaired) electrons. The normalized spacial score (nSPS) is 28.8. The van der Waals surface area contributed by atoms with E-state index in [1.165, 1.54) is 62.5 Å². The Hall–Kier alpha value is -0.683. The highest BCUT2D eigenvalue weighted by Gasteiger charge is 2.52. The SMILES string of the molecule is CCCCCCCCc1ccc(CC[C@]2(CO[Si](C)(C)C(C)(C)C)COC3(C[C@H](C)C[C@H](C)C3)N2)cc1. The third kappa shape index (κ3) is 8.91. The second kappa shape index (κ2) is 13.1. The standard InChI is InChI=1S/C33H59NO2Si/c1-9-10-11-12-13-14-15-29-16-18-30(19-17-29)20-21-32(26-36-37(7,8)31(4,5)6)25-35-33(34-32)23-27(2)22-28(3)24-33/h16-19,27-28,34H,9-15,20-26H2,1-8H3/t27-,28+,32-,33?/m1/s1. The highest BCUT2D eigenvalue weighted by Crippen LogP contribution is 2.44. The lowest BCUT2D eigenvalue weighted by Gasteiger charge is -2.43. The maximum atomic E-state index is 6.85. The third-order valence-corrected chi connectivity index (χ3v) is 14.0. The first-order chi connectivity index (χ1) is 17.4. The van der Waals surface area contributed by atoms with E-state index in [1.54, 1.807) is 0 Å². The summed E-state index contributed by atoms with van der Waals surface area (Å²) >= 11 is 0. The summed E-state index contributed by atoms with van der Waals surface area (Å²) in [6.07, 6.45) is 15.1. The van der Waals surface area contributed by atoms with Gasteiger partial charge < -0.3 is 9.16 Å². The predicted octanol–water partition coefficient (Wildman–Crippen LogP) is 9.06. The van der Waals surface area contributed by atoms with Gasteiger partial charge in [0, 0.05) is 0 Å². The lowest BCUT2D eigenvalue weighted by atomic mass is 9.77. The van der Waals surface area contributed by atoms with Gasteiger partial charge in [-0.3, -0.25) is 5.32 Å². The maximum absolute atomic E-state index is 6.85. The van der Waals surface area contributed by atoms with Crippen LogP contribution < -0.4 is 5.32 Å². The number of benzene rings is 1. The van der Waals surface area contributed by atoms with Gasteiger partial charge in [0.25, 0.3) is 0 Å². The number of rotatable bonds is 13. The zero-order chi connectivity index (χ0) is 27.2. The molecule has 1 aromatic rings. The van der Waals surface area contributed by atoms with Gasteiger partial charge in [0.1, 0.15) is 5.72 Å². The van der Waals surface area contributed by atoms with Crippen molar-refractivity contribution in [2.24, 2.45) is 11.8 Å². The molecule has 1 aromatic carbocycles. The van der Waals surface area contributed by atoms with Gasteiger partial charge in [0.05, 0.1) is 18.8 Å². The molecule has 1 unspecified atom stereocenters. The Morgan fingerprint density at radius 1 is 0.919 bits per heavy atom. The van der Waals surface area contributed by atoms with E-state index in [9.17, 15) is 0 Å². The summed E-state index contributed by atoms with van der Waals surface area (Å²) in [5.41, 5.74) is 2.64. The lowest BCUT2D eigenvalue weighted by Crippen LogP contribution is -2.58. The van der Waals surface area contributed by atoms with Gasteiger partial charge in [-0.15, -0.1) is 0 Å². The van der Waals surface area contributed by atoms with Crippen LogP contribution in [0.3, 0.4) is 0 Å². The number of aryl methyl sites for hydroxylation is 2. The first kappa shape index (κ1) is 30.9. The van der Waals surface area contributed by atoms with Gasteiger partial charge in [0.2, 0.25) is 0 Å². The van der Waals surface area contributed by atoms with E-state index in [-0.39, 0.29) is 16.3 Å². The largest absolute Gasteiger partial charge is 0.415 e. The molecule has 4 heteroatoms. The zero-order valence-corrected chi connectivity index (χ0v) is 26.7. The Morgan fingerprint density at radius 2 is 1.49 bits per heavy atom. The topological polar surface area (TPSA) is 30.5 Å². The van der Waals surface area contributed by atoms with Crippen LogP contribution in [0.1, 0.15) is 117 Å². The van der Waals surface area contributed by atoms with Crippen LogP contribution in [0.15, 0.2) is 24.3 Å². The quantitative estimate of drug-likeness (QED) is 0.204. The average Bonchev–Trinajstić information content (AvgIpc) is 3.15. The van der Waals surface area contributed by atoms with Gasteiger partial charge >= 0.3 is 0 Å². The van der Waals surface area contributed by atoms with Crippen LogP contribution in [0, 0.1) is 11.8 Å². The van der Waals surface area contributed by atoms with E-state index in [0.29, 0.717) is 11.8 Å². The van der Waals surface area contributed by atoms with Gasteiger partial charge in [-0.1, -0.05) is 97.9 Å². The van der Waals surface area contributed by atoms with E-state index in [0.717, 1.165) is 38.9 Å². The Kier molecular flexibility index (Phi) is 10.9. The molecule has 0 amide bonds. The fourth-order valence-corrected chi connectivity index (χ4v) is 7.37. The highest BCUT2D eigenvalue weighted by molar-refractivity contribution is 6.74. The summed E-state index contributed by atoms with van der Waals surface area (Å²) in [6.45, 7) is 20.3. The van der Waals surface area contributed by atoms with Crippen LogP contribution in [-0.4, -0.2) is 32.8 Å². The number of unbranched alkanes of at least 4 members (excludes halogenated alkanes) is 5. The molecule has 1 N–H and O–H groups in total. The van der Waals surface area contributed by atoms with Crippen molar-refractivity contribution in [1.82, 2.24) is 5.32 Å². The average molecular weight is 530 g/mol. The molecule has 1 saturated heterocycles. The molecule has 1 heterocycles. The fourth-order valence-electron chi connectivity index (χ4n) is 6.30. The van der Waals surface area contributed by atoms with Gasteiger partial charge in [-0.25, -0.2) is 0 Å². The predicted molar refractivity (Wildman–Crippen MR) is 162 cm³/mol. The molecule has 1 spiro atoms. The van der Waals surface area contributed by atoms with E-state index in [1.807, 2.05) is 0 Å². The molecular weight excluding hydrogens is 470 g/mol. The molecule has 3 nitrogen and oxygen atoms in total. The number of nitrogens with one attached hydrogen (secondary N) is 1. The molecule has 2 fully saturated rings. The second-order valence-corrected chi connectivity index (χ2v) is 19.2. The molecule has 1 aliphatic carbocycles. The number of ether oxygens (including phenoxy) is 1. The smallest absolute Gasteiger partial charge is 0.192 e. The third-order valence-electron chi connectivity index (χ3n) is 9.53. The number of hydrogen-bond donors (Lipinski definition) is 1. The van der Waals surface area contributed by atoms with Crippen molar-refractivity contribution in [3.63, 3.8) is 0 Å². The van der Waals surface area contributed by atoms with Crippen LogP contribution in [0.25, 0.3) is 0 Å². The fraction of sp³-hybridized carbons (Fsp3) is 0.818. The second-order valence-electron chi connectivity index (χ2n) is 14.4. The summed E-state index contributed by atoms with van der Waals surface area (Å²) in [4.78, 5) is 0. The first-order valence-electron chi connectivity index (χ1n) is 15.5. The summed E-state index contributed by atoms with van der Waals surface area (Å²) < 4.78 is 13.6. The van der Waals surface area contributed by atoms with Crippen LogP contribution >= 0.6 is 0 Å².